The highest BCUT2D eigenvalue weighted by atomic mass is 35.5. The van der Waals surface area contributed by atoms with Gasteiger partial charge in [-0.15, -0.1) is 0 Å². The lowest BCUT2D eigenvalue weighted by Gasteiger charge is -2.24. The van der Waals surface area contributed by atoms with Gasteiger partial charge in [-0.05, 0) is 48.4 Å². The number of carbonyl (C=O) groups excluding carboxylic acids is 1. The SMILES string of the molecule is O=C(c1ccc(OC(c2ccc(Cl)cc2)c2ccccc2Cl)c(Cn2cncn2)c1)N1CCC(O)C1. The first kappa shape index (κ1) is 24.3. The van der Waals surface area contributed by atoms with Crippen molar-refractivity contribution in [3.63, 3.8) is 0 Å². The zero-order chi connectivity index (χ0) is 25.1. The van der Waals surface area contributed by atoms with Crippen LogP contribution in [-0.4, -0.2) is 49.9 Å². The van der Waals surface area contributed by atoms with Crippen molar-refractivity contribution in [2.24, 2.45) is 0 Å². The normalized spacial score (nSPS) is 16.2. The molecule has 1 amide bonds. The Labute approximate surface area is 218 Å². The minimum atomic E-state index is -0.513. The van der Waals surface area contributed by atoms with Crippen LogP contribution in [0.3, 0.4) is 0 Å². The van der Waals surface area contributed by atoms with Gasteiger partial charge in [-0.2, -0.15) is 5.10 Å². The number of likely N-dealkylation sites (tertiary alicyclic amines) is 1. The van der Waals surface area contributed by atoms with Gasteiger partial charge in [0.15, 0.2) is 6.10 Å². The quantitative estimate of drug-likeness (QED) is 0.369. The first-order valence-electron chi connectivity index (χ1n) is 11.6. The molecule has 184 valence electrons. The first-order valence-corrected chi connectivity index (χ1v) is 12.3. The number of aliphatic hydroxyl groups excluding tert-OH is 1. The fraction of sp³-hybridized carbons (Fsp3) is 0.222. The molecule has 1 N–H and O–H groups in total. The van der Waals surface area contributed by atoms with Crippen LogP contribution in [0.1, 0.15) is 39.6 Å². The smallest absolute Gasteiger partial charge is 0.253 e. The topological polar surface area (TPSA) is 80.5 Å². The van der Waals surface area contributed by atoms with E-state index in [1.54, 1.807) is 28.0 Å². The predicted octanol–water partition coefficient (Wildman–Crippen LogP) is 5.01. The van der Waals surface area contributed by atoms with E-state index >= 15 is 0 Å². The zero-order valence-electron chi connectivity index (χ0n) is 19.3. The Morgan fingerprint density at radius 1 is 1.11 bits per heavy atom. The Balaban J connectivity index is 1.53. The fourth-order valence-corrected chi connectivity index (χ4v) is 4.67. The van der Waals surface area contributed by atoms with Gasteiger partial charge in [-0.3, -0.25) is 4.79 Å². The summed E-state index contributed by atoms with van der Waals surface area (Å²) in [6, 6.07) is 20.3. The number of carbonyl (C=O) groups is 1. The van der Waals surface area contributed by atoms with E-state index in [9.17, 15) is 9.90 Å². The number of β-amino-alcohol motifs (C(OH)–C–C–N with tert-alkyl or cyclic N) is 1. The van der Waals surface area contributed by atoms with E-state index in [0.29, 0.717) is 47.4 Å². The lowest BCUT2D eigenvalue weighted by molar-refractivity contribution is 0.0764. The van der Waals surface area contributed by atoms with Crippen LogP contribution in [0.4, 0.5) is 0 Å². The van der Waals surface area contributed by atoms with Crippen molar-refractivity contribution in [3.8, 4) is 5.75 Å². The van der Waals surface area contributed by atoms with Crippen molar-refractivity contribution in [3.05, 3.63) is 112 Å². The van der Waals surface area contributed by atoms with Crippen LogP contribution < -0.4 is 4.74 Å². The minimum Gasteiger partial charge on any atom is -0.481 e. The largest absolute Gasteiger partial charge is 0.481 e. The summed E-state index contributed by atoms with van der Waals surface area (Å²) >= 11 is 12.7. The standard InChI is InChI=1S/C27H24Cl2N4O3/c28-21-8-5-18(6-9-21)26(23-3-1-2-4-24(23)29)36-25-10-7-19(27(35)32-12-11-22(34)15-32)13-20(25)14-33-17-30-16-31-33/h1-10,13,16-17,22,26,34H,11-12,14-15H2. The van der Waals surface area contributed by atoms with E-state index in [1.165, 1.54) is 6.33 Å². The number of nitrogens with zero attached hydrogens (tertiary/aromatic N) is 4. The molecule has 7 nitrogen and oxygen atoms in total. The van der Waals surface area contributed by atoms with Crippen LogP contribution >= 0.6 is 23.2 Å². The van der Waals surface area contributed by atoms with Gasteiger partial charge in [0, 0.05) is 39.8 Å². The van der Waals surface area contributed by atoms with Crippen LogP contribution in [0.25, 0.3) is 0 Å². The molecular weight excluding hydrogens is 499 g/mol. The second-order valence-electron chi connectivity index (χ2n) is 8.68. The summed E-state index contributed by atoms with van der Waals surface area (Å²) in [6.07, 6.45) is 2.66. The van der Waals surface area contributed by atoms with E-state index in [-0.39, 0.29) is 5.91 Å². The molecule has 2 heterocycles. The Morgan fingerprint density at radius 2 is 1.92 bits per heavy atom. The summed E-state index contributed by atoms with van der Waals surface area (Å²) in [5.74, 6) is 0.460. The second kappa shape index (κ2) is 10.7. The number of hydrogen-bond acceptors (Lipinski definition) is 5. The van der Waals surface area contributed by atoms with Gasteiger partial charge in [0.2, 0.25) is 0 Å². The van der Waals surface area contributed by atoms with Crippen molar-refractivity contribution in [1.29, 1.82) is 0 Å². The van der Waals surface area contributed by atoms with Crippen LogP contribution in [0.15, 0.2) is 79.4 Å². The van der Waals surface area contributed by atoms with Gasteiger partial charge >= 0.3 is 0 Å². The molecule has 1 saturated heterocycles. The average Bonchev–Trinajstić information content (AvgIpc) is 3.56. The first-order chi connectivity index (χ1) is 17.5. The third-order valence-electron chi connectivity index (χ3n) is 6.16. The highest BCUT2D eigenvalue weighted by Gasteiger charge is 2.27. The Hall–Kier alpha value is -3.39. The molecule has 1 aromatic heterocycles. The maximum atomic E-state index is 13.1. The molecule has 1 fully saturated rings. The third kappa shape index (κ3) is 5.38. The summed E-state index contributed by atoms with van der Waals surface area (Å²) in [5, 5.41) is 15.3. The van der Waals surface area contributed by atoms with E-state index < -0.39 is 12.2 Å². The van der Waals surface area contributed by atoms with Crippen molar-refractivity contribution in [2.75, 3.05) is 13.1 Å². The summed E-state index contributed by atoms with van der Waals surface area (Å²) in [7, 11) is 0. The molecule has 1 aliphatic heterocycles. The van der Waals surface area contributed by atoms with Crippen molar-refractivity contribution in [2.45, 2.75) is 25.2 Å². The molecule has 5 rings (SSSR count). The van der Waals surface area contributed by atoms with Crippen LogP contribution in [0.2, 0.25) is 10.0 Å². The average molecular weight is 523 g/mol. The van der Waals surface area contributed by atoms with Crippen LogP contribution in [0, 0.1) is 0 Å². The summed E-state index contributed by atoms with van der Waals surface area (Å²) < 4.78 is 8.28. The van der Waals surface area contributed by atoms with Gasteiger partial charge in [-0.1, -0.05) is 53.5 Å². The van der Waals surface area contributed by atoms with Crippen molar-refractivity contribution >= 4 is 29.1 Å². The Morgan fingerprint density at radius 3 is 2.61 bits per heavy atom. The highest BCUT2D eigenvalue weighted by molar-refractivity contribution is 6.31. The molecule has 0 bridgehead atoms. The Bertz CT molecular complexity index is 1350. The third-order valence-corrected chi connectivity index (χ3v) is 6.76. The molecular formula is C27H24Cl2N4O3. The molecule has 0 radical (unpaired) electrons. The monoisotopic (exact) mass is 522 g/mol. The Kier molecular flexibility index (Phi) is 7.23. The van der Waals surface area contributed by atoms with Gasteiger partial charge in [0.25, 0.3) is 5.91 Å². The van der Waals surface area contributed by atoms with Gasteiger partial charge in [0.1, 0.15) is 18.4 Å². The van der Waals surface area contributed by atoms with Crippen molar-refractivity contribution < 1.29 is 14.6 Å². The highest BCUT2D eigenvalue weighted by Crippen LogP contribution is 2.35. The lowest BCUT2D eigenvalue weighted by Crippen LogP contribution is -2.29. The molecule has 2 atom stereocenters. The zero-order valence-corrected chi connectivity index (χ0v) is 20.8. The molecule has 36 heavy (non-hydrogen) atoms. The fourth-order valence-electron chi connectivity index (χ4n) is 4.31. The van der Waals surface area contributed by atoms with Crippen LogP contribution in [-0.2, 0) is 6.54 Å². The molecule has 0 spiro atoms. The molecule has 0 saturated carbocycles. The number of halogens is 2. The number of aliphatic hydroxyl groups is 1. The number of amides is 1. The maximum absolute atomic E-state index is 13.1. The van der Waals surface area contributed by atoms with E-state index in [0.717, 1.165) is 16.7 Å². The number of ether oxygens (including phenoxy) is 1. The second-order valence-corrected chi connectivity index (χ2v) is 9.52. The van der Waals surface area contributed by atoms with E-state index in [1.807, 2.05) is 54.6 Å². The minimum absolute atomic E-state index is 0.127. The lowest BCUT2D eigenvalue weighted by atomic mass is 10.0. The molecule has 9 heteroatoms. The maximum Gasteiger partial charge on any atom is 0.253 e. The summed E-state index contributed by atoms with van der Waals surface area (Å²) in [6.45, 7) is 1.22. The molecule has 0 aliphatic carbocycles. The summed E-state index contributed by atoms with van der Waals surface area (Å²) in [5.41, 5.74) is 2.97. The molecule has 1 aliphatic rings. The number of hydrogen-bond donors (Lipinski definition) is 1. The van der Waals surface area contributed by atoms with Gasteiger partial charge < -0.3 is 14.7 Å². The van der Waals surface area contributed by atoms with Crippen molar-refractivity contribution in [1.82, 2.24) is 19.7 Å². The molecule has 3 aromatic carbocycles. The molecule has 4 aromatic rings. The van der Waals surface area contributed by atoms with E-state index in [4.69, 9.17) is 27.9 Å². The number of rotatable bonds is 7. The number of benzene rings is 3. The summed E-state index contributed by atoms with van der Waals surface area (Å²) in [4.78, 5) is 18.8. The molecule has 2 unspecified atom stereocenters. The van der Waals surface area contributed by atoms with Gasteiger partial charge in [-0.25, -0.2) is 9.67 Å². The number of aromatic nitrogens is 3. The van der Waals surface area contributed by atoms with Crippen LogP contribution in [0.5, 0.6) is 5.75 Å². The predicted molar refractivity (Wildman–Crippen MR) is 137 cm³/mol. The van der Waals surface area contributed by atoms with E-state index in [2.05, 4.69) is 10.1 Å². The van der Waals surface area contributed by atoms with Gasteiger partial charge in [0.05, 0.1) is 12.6 Å².